The Kier molecular flexibility index (Phi) is 4.09. The Balaban J connectivity index is 2.63. The summed E-state index contributed by atoms with van der Waals surface area (Å²) in [4.78, 5) is 16.6. The van der Waals surface area contributed by atoms with Crippen molar-refractivity contribution in [2.45, 2.75) is 52.4 Å². The number of benzene rings is 1. The van der Waals surface area contributed by atoms with Gasteiger partial charge in [-0.05, 0) is 34.6 Å². The molecule has 2 N–H and O–H groups in total. The summed E-state index contributed by atoms with van der Waals surface area (Å²) in [6.07, 6.45) is 1.83. The van der Waals surface area contributed by atoms with Gasteiger partial charge in [-0.25, -0.2) is 5.48 Å². The number of hydrogen-bond donors (Lipinski definition) is 2. The number of hydroxylamine groups is 1. The molecule has 0 atom stereocenters. The molecule has 2 rings (SSSR count). The first kappa shape index (κ1) is 16.6. The highest BCUT2D eigenvalue weighted by molar-refractivity contribution is 5.98. The highest BCUT2D eigenvalue weighted by Crippen LogP contribution is 2.40. The average molecular weight is 303 g/mol. The van der Waals surface area contributed by atoms with Crippen LogP contribution in [0.25, 0.3) is 6.08 Å². The maximum atomic E-state index is 11.7. The molecular formula is C18H25NO3. The van der Waals surface area contributed by atoms with E-state index >= 15 is 0 Å². The van der Waals surface area contributed by atoms with Crippen molar-refractivity contribution in [2.75, 3.05) is 6.61 Å². The second-order valence-corrected chi connectivity index (χ2v) is 7.85. The smallest absolute Gasteiger partial charge is 0.273 e. The van der Waals surface area contributed by atoms with Gasteiger partial charge in [0.1, 0.15) is 12.4 Å². The van der Waals surface area contributed by atoms with Crippen LogP contribution < -0.4 is 5.48 Å². The van der Waals surface area contributed by atoms with Gasteiger partial charge >= 0.3 is 0 Å². The van der Waals surface area contributed by atoms with Gasteiger partial charge in [0.05, 0.1) is 0 Å². The largest absolute Gasteiger partial charge is 0.507 e. The van der Waals surface area contributed by atoms with Gasteiger partial charge in [0, 0.05) is 16.7 Å². The van der Waals surface area contributed by atoms with Crippen molar-refractivity contribution in [3.05, 3.63) is 34.4 Å². The van der Waals surface area contributed by atoms with E-state index in [1.54, 1.807) is 0 Å². The highest BCUT2D eigenvalue weighted by Gasteiger charge is 2.26. The second kappa shape index (κ2) is 5.43. The Morgan fingerprint density at radius 2 is 1.59 bits per heavy atom. The van der Waals surface area contributed by atoms with Crippen LogP contribution in [0, 0.1) is 0 Å². The van der Waals surface area contributed by atoms with Crippen LogP contribution in [-0.4, -0.2) is 17.6 Å². The molecule has 1 aromatic carbocycles. The lowest BCUT2D eigenvalue weighted by atomic mass is 9.78. The van der Waals surface area contributed by atoms with Crippen molar-refractivity contribution in [1.29, 1.82) is 0 Å². The molecule has 4 heteroatoms. The first-order valence-corrected chi connectivity index (χ1v) is 7.51. The highest BCUT2D eigenvalue weighted by atomic mass is 16.7. The van der Waals surface area contributed by atoms with E-state index in [4.69, 9.17) is 4.84 Å². The molecule has 1 aromatic rings. The first-order valence-electron chi connectivity index (χ1n) is 7.51. The standard InChI is InChI=1S/C18H25NO3/c1-17(2,3)13-8-11(7-12-10-22-19-16(12)21)9-14(15(13)20)18(4,5)6/h7-9,20H,10H2,1-6H3,(H,19,21). The number of aromatic hydroxyl groups is 1. The number of amides is 1. The molecule has 1 amide bonds. The van der Waals surface area contributed by atoms with E-state index in [9.17, 15) is 9.90 Å². The normalized spacial score (nSPS) is 17.9. The second-order valence-electron chi connectivity index (χ2n) is 7.85. The van der Waals surface area contributed by atoms with Gasteiger partial charge in [0.2, 0.25) is 0 Å². The molecule has 0 aliphatic carbocycles. The van der Waals surface area contributed by atoms with Crippen molar-refractivity contribution in [3.8, 4) is 5.75 Å². The van der Waals surface area contributed by atoms with Crippen molar-refractivity contribution in [3.63, 3.8) is 0 Å². The van der Waals surface area contributed by atoms with Crippen LogP contribution in [0.15, 0.2) is 17.7 Å². The quantitative estimate of drug-likeness (QED) is 0.781. The molecule has 120 valence electrons. The van der Waals surface area contributed by atoms with Gasteiger partial charge in [-0.3, -0.25) is 9.63 Å². The number of rotatable bonds is 1. The Bertz CT molecular complexity index is 596. The summed E-state index contributed by atoms with van der Waals surface area (Å²) < 4.78 is 0. The van der Waals surface area contributed by atoms with E-state index in [1.807, 2.05) is 18.2 Å². The summed E-state index contributed by atoms with van der Waals surface area (Å²) >= 11 is 0. The number of carbonyl (C=O) groups is 1. The van der Waals surface area contributed by atoms with Gasteiger partial charge < -0.3 is 5.11 Å². The number of phenols is 1. The maximum Gasteiger partial charge on any atom is 0.273 e. The Hall–Kier alpha value is -1.81. The fourth-order valence-electron chi connectivity index (χ4n) is 2.50. The molecule has 1 saturated heterocycles. The van der Waals surface area contributed by atoms with E-state index in [0.717, 1.165) is 16.7 Å². The molecule has 1 fully saturated rings. The van der Waals surface area contributed by atoms with Crippen molar-refractivity contribution in [1.82, 2.24) is 5.48 Å². The summed E-state index contributed by atoms with van der Waals surface area (Å²) in [6, 6.07) is 3.90. The van der Waals surface area contributed by atoms with E-state index < -0.39 is 0 Å². The molecule has 0 aromatic heterocycles. The van der Waals surface area contributed by atoms with E-state index in [0.29, 0.717) is 11.3 Å². The fourth-order valence-corrected chi connectivity index (χ4v) is 2.50. The van der Waals surface area contributed by atoms with Crippen molar-refractivity contribution in [2.24, 2.45) is 0 Å². The number of carbonyl (C=O) groups excluding carboxylic acids is 1. The molecule has 0 bridgehead atoms. The third kappa shape index (κ3) is 3.33. The fraction of sp³-hybridized carbons (Fsp3) is 0.500. The van der Waals surface area contributed by atoms with Crippen LogP contribution in [0.4, 0.5) is 0 Å². The van der Waals surface area contributed by atoms with Crippen LogP contribution >= 0.6 is 0 Å². The lowest BCUT2D eigenvalue weighted by Crippen LogP contribution is -2.17. The monoisotopic (exact) mass is 303 g/mol. The summed E-state index contributed by atoms with van der Waals surface area (Å²) in [5, 5.41) is 10.7. The van der Waals surface area contributed by atoms with E-state index in [-0.39, 0.29) is 23.3 Å². The van der Waals surface area contributed by atoms with Crippen LogP contribution in [0.5, 0.6) is 5.75 Å². The minimum absolute atomic E-state index is 0.187. The first-order chi connectivity index (χ1) is 10.00. The number of nitrogens with one attached hydrogen (secondary N) is 1. The Morgan fingerprint density at radius 1 is 1.09 bits per heavy atom. The van der Waals surface area contributed by atoms with Crippen LogP contribution in [0.2, 0.25) is 0 Å². The van der Waals surface area contributed by atoms with Gasteiger partial charge in [-0.15, -0.1) is 0 Å². The maximum absolute atomic E-state index is 11.7. The molecule has 1 aliphatic heterocycles. The van der Waals surface area contributed by atoms with Crippen LogP contribution in [-0.2, 0) is 20.5 Å². The zero-order chi connectivity index (χ0) is 16.7. The van der Waals surface area contributed by atoms with Gasteiger partial charge in [0.15, 0.2) is 0 Å². The molecular weight excluding hydrogens is 278 g/mol. The van der Waals surface area contributed by atoms with E-state index in [1.165, 1.54) is 0 Å². The molecule has 1 heterocycles. The molecule has 0 saturated carbocycles. The number of phenolic OH excluding ortho intramolecular Hbond substituents is 1. The Morgan fingerprint density at radius 3 is 1.95 bits per heavy atom. The lowest BCUT2D eigenvalue weighted by molar-refractivity contribution is -0.122. The van der Waals surface area contributed by atoms with Crippen LogP contribution in [0.3, 0.4) is 0 Å². The summed E-state index contributed by atoms with van der Waals surface area (Å²) in [5.41, 5.74) is 5.21. The van der Waals surface area contributed by atoms with E-state index in [2.05, 4.69) is 47.0 Å². The van der Waals surface area contributed by atoms with Gasteiger partial charge in [-0.2, -0.15) is 0 Å². The summed E-state index contributed by atoms with van der Waals surface area (Å²) in [5.74, 6) is 0.136. The SMILES string of the molecule is CC(C)(C)c1cc(C=C2CONC2=O)cc(C(C)(C)C)c1O. The molecule has 0 spiro atoms. The minimum Gasteiger partial charge on any atom is -0.507 e. The number of hydrogen-bond acceptors (Lipinski definition) is 3. The zero-order valence-corrected chi connectivity index (χ0v) is 14.2. The summed E-state index contributed by atoms with van der Waals surface area (Å²) in [6.45, 7) is 12.7. The Labute approximate surface area is 132 Å². The topological polar surface area (TPSA) is 58.6 Å². The molecule has 22 heavy (non-hydrogen) atoms. The zero-order valence-electron chi connectivity index (χ0n) is 14.2. The van der Waals surface area contributed by atoms with Crippen LogP contribution in [0.1, 0.15) is 58.2 Å². The molecule has 0 unspecified atom stereocenters. The average Bonchev–Trinajstić information content (AvgIpc) is 2.74. The molecule has 4 nitrogen and oxygen atoms in total. The molecule has 0 radical (unpaired) electrons. The minimum atomic E-state index is -0.206. The van der Waals surface area contributed by atoms with Gasteiger partial charge in [-0.1, -0.05) is 41.5 Å². The van der Waals surface area contributed by atoms with Gasteiger partial charge in [0.25, 0.3) is 5.91 Å². The predicted octanol–water partition coefficient (Wildman–Crippen LogP) is 3.43. The molecule has 1 aliphatic rings. The predicted molar refractivity (Wildman–Crippen MR) is 87.6 cm³/mol. The van der Waals surface area contributed by atoms with Crippen molar-refractivity contribution < 1.29 is 14.7 Å². The summed E-state index contributed by atoms with van der Waals surface area (Å²) in [7, 11) is 0. The van der Waals surface area contributed by atoms with Crippen molar-refractivity contribution >= 4 is 12.0 Å². The lowest BCUT2D eigenvalue weighted by Gasteiger charge is -2.28. The third-order valence-electron chi connectivity index (χ3n) is 3.77. The third-order valence-corrected chi connectivity index (χ3v) is 3.77.